The van der Waals surface area contributed by atoms with Crippen LogP contribution in [-0.2, 0) is 0 Å². The summed E-state index contributed by atoms with van der Waals surface area (Å²) in [5, 5.41) is 13.5. The Morgan fingerprint density at radius 2 is 1.77 bits per heavy atom. The molecule has 0 saturated heterocycles. The summed E-state index contributed by atoms with van der Waals surface area (Å²) in [7, 11) is 3.88. The predicted octanol–water partition coefficient (Wildman–Crippen LogP) is 2.61. The maximum absolute atomic E-state index is 12.0. The molecular formula is C17H19N3O2. The van der Waals surface area contributed by atoms with E-state index in [2.05, 4.69) is 10.5 Å². The molecule has 0 radical (unpaired) electrons. The molecule has 0 fully saturated rings. The van der Waals surface area contributed by atoms with Gasteiger partial charge in [-0.25, -0.2) is 5.43 Å². The van der Waals surface area contributed by atoms with Crippen LogP contribution in [0.4, 0.5) is 5.69 Å². The molecule has 5 nitrogen and oxygen atoms in total. The summed E-state index contributed by atoms with van der Waals surface area (Å²) in [5.74, 6) is -0.109. The summed E-state index contributed by atoms with van der Waals surface area (Å²) in [6.07, 6.45) is 0. The molecule has 0 unspecified atom stereocenters. The molecule has 0 spiro atoms. The van der Waals surface area contributed by atoms with E-state index in [1.54, 1.807) is 37.3 Å². The first kappa shape index (κ1) is 15.6. The third kappa shape index (κ3) is 3.85. The van der Waals surface area contributed by atoms with Crippen LogP contribution in [0.15, 0.2) is 53.6 Å². The largest absolute Gasteiger partial charge is 0.508 e. The molecular weight excluding hydrogens is 278 g/mol. The van der Waals surface area contributed by atoms with Gasteiger partial charge in [0.25, 0.3) is 5.91 Å². The normalized spacial score (nSPS) is 11.1. The lowest BCUT2D eigenvalue weighted by Gasteiger charge is -2.12. The molecule has 2 aromatic carbocycles. The molecule has 2 N–H and O–H groups in total. The van der Waals surface area contributed by atoms with Crippen molar-refractivity contribution in [3.05, 3.63) is 59.7 Å². The number of carbonyl (C=O) groups is 1. The molecule has 22 heavy (non-hydrogen) atoms. The zero-order valence-electron chi connectivity index (χ0n) is 12.9. The topological polar surface area (TPSA) is 64.9 Å². The van der Waals surface area contributed by atoms with Crippen molar-refractivity contribution in [2.75, 3.05) is 19.0 Å². The minimum atomic E-state index is -0.273. The first-order valence-electron chi connectivity index (χ1n) is 6.89. The molecule has 0 aromatic heterocycles. The van der Waals surface area contributed by atoms with E-state index in [0.717, 1.165) is 11.3 Å². The fourth-order valence-electron chi connectivity index (χ4n) is 1.91. The van der Waals surface area contributed by atoms with Crippen molar-refractivity contribution in [3.8, 4) is 5.75 Å². The van der Waals surface area contributed by atoms with E-state index >= 15 is 0 Å². The van der Waals surface area contributed by atoms with Gasteiger partial charge in [0.15, 0.2) is 0 Å². The molecule has 0 aliphatic heterocycles. The summed E-state index contributed by atoms with van der Waals surface area (Å²) in [5.41, 5.74) is 5.46. The highest BCUT2D eigenvalue weighted by Gasteiger charge is 2.06. The van der Waals surface area contributed by atoms with Crippen molar-refractivity contribution in [1.82, 2.24) is 5.43 Å². The van der Waals surface area contributed by atoms with E-state index in [-0.39, 0.29) is 11.7 Å². The number of nitrogens with one attached hydrogen (secondary N) is 1. The number of aromatic hydroxyl groups is 1. The van der Waals surface area contributed by atoms with Gasteiger partial charge in [-0.3, -0.25) is 4.79 Å². The number of nitrogens with zero attached hydrogens (tertiary/aromatic N) is 2. The number of hydrogen-bond donors (Lipinski definition) is 2. The van der Waals surface area contributed by atoms with Crippen molar-refractivity contribution in [1.29, 1.82) is 0 Å². The van der Waals surface area contributed by atoms with Crippen molar-refractivity contribution in [2.24, 2.45) is 5.10 Å². The van der Waals surface area contributed by atoms with E-state index < -0.39 is 0 Å². The lowest BCUT2D eigenvalue weighted by Crippen LogP contribution is -2.19. The number of carbonyl (C=O) groups excluding carboxylic acids is 1. The van der Waals surface area contributed by atoms with Gasteiger partial charge in [0.2, 0.25) is 0 Å². The number of hydrazone groups is 1. The quantitative estimate of drug-likeness (QED) is 0.673. The highest BCUT2D eigenvalue weighted by molar-refractivity contribution is 6.01. The number of benzene rings is 2. The fourth-order valence-corrected chi connectivity index (χ4v) is 1.91. The van der Waals surface area contributed by atoms with Crippen molar-refractivity contribution in [2.45, 2.75) is 6.92 Å². The Morgan fingerprint density at radius 1 is 1.09 bits per heavy atom. The molecule has 114 valence electrons. The van der Waals surface area contributed by atoms with Crippen molar-refractivity contribution >= 4 is 17.3 Å². The van der Waals surface area contributed by atoms with Gasteiger partial charge in [-0.1, -0.05) is 12.1 Å². The van der Waals surface area contributed by atoms with Crippen LogP contribution in [0, 0.1) is 0 Å². The molecule has 0 saturated carbocycles. The van der Waals surface area contributed by atoms with Crippen LogP contribution in [-0.4, -0.2) is 30.8 Å². The number of rotatable bonds is 4. The first-order chi connectivity index (χ1) is 10.5. The second kappa shape index (κ2) is 6.76. The number of amides is 1. The van der Waals surface area contributed by atoms with Crippen LogP contribution in [0.25, 0.3) is 0 Å². The van der Waals surface area contributed by atoms with E-state index in [0.29, 0.717) is 11.3 Å². The number of phenols is 1. The first-order valence-corrected chi connectivity index (χ1v) is 6.89. The molecule has 5 heteroatoms. The van der Waals surface area contributed by atoms with Crippen molar-refractivity contribution < 1.29 is 9.90 Å². The third-order valence-corrected chi connectivity index (χ3v) is 3.23. The average molecular weight is 297 g/mol. The Hall–Kier alpha value is -2.82. The standard InChI is InChI=1S/C17H19N3O2/c1-12(14-5-4-6-16(21)11-14)18-19-17(22)13-7-9-15(10-8-13)20(2)3/h4-11,21H,1-3H3,(H,19,22). The van der Waals surface area contributed by atoms with Crippen LogP contribution >= 0.6 is 0 Å². The van der Waals surface area contributed by atoms with Crippen LogP contribution in [0.1, 0.15) is 22.8 Å². The maximum atomic E-state index is 12.0. The van der Waals surface area contributed by atoms with Crippen LogP contribution in [0.5, 0.6) is 5.75 Å². The molecule has 2 aromatic rings. The van der Waals surface area contributed by atoms with Gasteiger partial charge in [0.1, 0.15) is 5.75 Å². The summed E-state index contributed by atoms with van der Waals surface area (Å²) in [4.78, 5) is 14.0. The molecule has 0 heterocycles. The SMILES string of the molecule is CC(=NNC(=O)c1ccc(N(C)C)cc1)c1cccc(O)c1. The molecule has 0 atom stereocenters. The molecule has 0 aliphatic rings. The number of anilines is 1. The Bertz CT molecular complexity index is 691. The van der Waals surface area contributed by atoms with E-state index in [1.165, 1.54) is 0 Å². The van der Waals surface area contributed by atoms with Gasteiger partial charge in [0, 0.05) is 30.9 Å². The smallest absolute Gasteiger partial charge is 0.271 e. The highest BCUT2D eigenvalue weighted by Crippen LogP contribution is 2.13. The lowest BCUT2D eigenvalue weighted by molar-refractivity contribution is 0.0955. The fraction of sp³-hybridized carbons (Fsp3) is 0.176. The predicted molar refractivity (Wildman–Crippen MR) is 88.6 cm³/mol. The zero-order chi connectivity index (χ0) is 16.1. The zero-order valence-corrected chi connectivity index (χ0v) is 12.9. The lowest BCUT2D eigenvalue weighted by atomic mass is 10.1. The second-order valence-corrected chi connectivity index (χ2v) is 5.13. The minimum Gasteiger partial charge on any atom is -0.508 e. The number of hydrogen-bond acceptors (Lipinski definition) is 4. The summed E-state index contributed by atoms with van der Waals surface area (Å²) in [6.45, 7) is 1.77. The Balaban J connectivity index is 2.07. The number of phenolic OH excluding ortho intramolecular Hbond substituents is 1. The van der Waals surface area contributed by atoms with E-state index in [4.69, 9.17) is 0 Å². The highest BCUT2D eigenvalue weighted by atomic mass is 16.3. The maximum Gasteiger partial charge on any atom is 0.271 e. The molecule has 0 bridgehead atoms. The second-order valence-electron chi connectivity index (χ2n) is 5.13. The molecule has 2 rings (SSSR count). The average Bonchev–Trinajstić information content (AvgIpc) is 2.52. The molecule has 1 amide bonds. The van der Waals surface area contributed by atoms with Crippen LogP contribution < -0.4 is 10.3 Å². The van der Waals surface area contributed by atoms with Crippen LogP contribution in [0.2, 0.25) is 0 Å². The van der Waals surface area contributed by atoms with Gasteiger partial charge < -0.3 is 10.0 Å². The summed E-state index contributed by atoms with van der Waals surface area (Å²) < 4.78 is 0. The van der Waals surface area contributed by atoms with Gasteiger partial charge in [-0.05, 0) is 43.3 Å². The monoisotopic (exact) mass is 297 g/mol. The van der Waals surface area contributed by atoms with E-state index in [1.807, 2.05) is 37.2 Å². The van der Waals surface area contributed by atoms with Gasteiger partial charge in [-0.2, -0.15) is 5.10 Å². The van der Waals surface area contributed by atoms with E-state index in [9.17, 15) is 9.90 Å². The van der Waals surface area contributed by atoms with Crippen LogP contribution in [0.3, 0.4) is 0 Å². The van der Waals surface area contributed by atoms with Gasteiger partial charge >= 0.3 is 0 Å². The van der Waals surface area contributed by atoms with Crippen molar-refractivity contribution in [3.63, 3.8) is 0 Å². The van der Waals surface area contributed by atoms with Gasteiger partial charge in [0.05, 0.1) is 5.71 Å². The third-order valence-electron chi connectivity index (χ3n) is 3.23. The Kier molecular flexibility index (Phi) is 4.78. The summed E-state index contributed by atoms with van der Waals surface area (Å²) in [6, 6.07) is 14.0. The minimum absolute atomic E-state index is 0.164. The summed E-state index contributed by atoms with van der Waals surface area (Å²) >= 11 is 0. The molecule has 0 aliphatic carbocycles. The van der Waals surface area contributed by atoms with Gasteiger partial charge in [-0.15, -0.1) is 0 Å². The Labute approximate surface area is 129 Å². The Morgan fingerprint density at radius 3 is 2.36 bits per heavy atom.